The summed E-state index contributed by atoms with van der Waals surface area (Å²) in [6.07, 6.45) is -2.53. The summed E-state index contributed by atoms with van der Waals surface area (Å²) in [4.78, 5) is 12.2. The molecule has 1 saturated heterocycles. The lowest BCUT2D eigenvalue weighted by atomic mass is 9.88. The van der Waals surface area contributed by atoms with E-state index >= 15 is 0 Å². The number of ether oxygens (including phenoxy) is 4. The van der Waals surface area contributed by atoms with Crippen LogP contribution in [0.3, 0.4) is 0 Å². The lowest BCUT2D eigenvalue weighted by molar-refractivity contribution is -0.339. The normalized spacial score (nSPS) is 35.8. The predicted molar refractivity (Wildman–Crippen MR) is 120 cm³/mol. The number of aromatic hydroxyl groups is 2. The molecule has 1 aromatic carbocycles. The maximum Gasteiger partial charge on any atom is 0.331 e. The highest BCUT2D eigenvalue weighted by atomic mass is 16.8. The highest BCUT2D eigenvalue weighted by Gasteiger charge is 2.49. The molecule has 2 heterocycles. The van der Waals surface area contributed by atoms with E-state index in [1.54, 1.807) is 6.08 Å². The number of carbonyl (C=O) groups is 1. The minimum absolute atomic E-state index is 0.214. The van der Waals surface area contributed by atoms with Crippen molar-refractivity contribution in [1.82, 2.24) is 0 Å². The van der Waals surface area contributed by atoms with Crippen LogP contribution >= 0.6 is 0 Å². The summed E-state index contributed by atoms with van der Waals surface area (Å²) < 4.78 is 21.9. The first-order chi connectivity index (χ1) is 17.2. The summed E-state index contributed by atoms with van der Waals surface area (Å²) in [5.41, 5.74) is 0.937. The average molecular weight is 508 g/mol. The first-order valence-corrected chi connectivity index (χ1v) is 11.2. The maximum atomic E-state index is 12.2. The van der Waals surface area contributed by atoms with Crippen LogP contribution in [0.1, 0.15) is 5.56 Å². The van der Waals surface area contributed by atoms with Crippen LogP contribution in [0.2, 0.25) is 0 Å². The van der Waals surface area contributed by atoms with Gasteiger partial charge in [-0.2, -0.15) is 0 Å². The summed E-state index contributed by atoms with van der Waals surface area (Å²) in [6.45, 7) is -0.840. The standard InChI is InChI=1S/C24H28O12/c25-9-17-20(30)21(31)22(32)24(35-17)36-23-19-12(8-15(27)13(19)5-6-33-23)10-34-18(29)4-2-11-1-3-14(26)16(28)7-11/h1-8,13,15,17,19-28,30-32H,9-10H2/b4-2+/t13-,15+,17+,19+,20+,21-,22+,23-,24-/m0/s1. The van der Waals surface area contributed by atoms with Crippen molar-refractivity contribution in [2.24, 2.45) is 11.8 Å². The number of aliphatic hydroxyl groups excluding tert-OH is 5. The first kappa shape index (κ1) is 26.1. The van der Waals surface area contributed by atoms with E-state index in [0.29, 0.717) is 11.1 Å². The number of hydrogen-bond acceptors (Lipinski definition) is 12. The van der Waals surface area contributed by atoms with Crippen LogP contribution in [-0.2, 0) is 23.7 Å². The quantitative estimate of drug-likeness (QED) is 0.102. The minimum Gasteiger partial charge on any atom is -0.504 e. The van der Waals surface area contributed by atoms with E-state index < -0.39 is 67.5 Å². The Morgan fingerprint density at radius 2 is 1.81 bits per heavy atom. The molecule has 4 rings (SSSR count). The summed E-state index contributed by atoms with van der Waals surface area (Å²) in [5, 5.41) is 69.0. The lowest BCUT2D eigenvalue weighted by Gasteiger charge is -2.42. The maximum absolute atomic E-state index is 12.2. The molecule has 1 aliphatic carbocycles. The molecule has 0 spiro atoms. The summed E-state index contributed by atoms with van der Waals surface area (Å²) in [5.74, 6) is -2.46. The largest absolute Gasteiger partial charge is 0.504 e. The summed E-state index contributed by atoms with van der Waals surface area (Å²) >= 11 is 0. The van der Waals surface area contributed by atoms with Gasteiger partial charge in [-0.05, 0) is 35.4 Å². The molecule has 2 aliphatic heterocycles. The number of aliphatic hydroxyl groups is 5. The number of hydrogen-bond donors (Lipinski definition) is 7. The van der Waals surface area contributed by atoms with Crippen molar-refractivity contribution >= 4 is 12.0 Å². The highest BCUT2D eigenvalue weighted by Crippen LogP contribution is 2.41. The van der Waals surface area contributed by atoms with E-state index in [2.05, 4.69) is 0 Å². The van der Waals surface area contributed by atoms with Crippen molar-refractivity contribution in [3.8, 4) is 11.5 Å². The molecule has 0 bridgehead atoms. The van der Waals surface area contributed by atoms with Crippen LogP contribution in [0.15, 0.2) is 48.3 Å². The minimum atomic E-state index is -1.64. The molecule has 0 amide bonds. The van der Waals surface area contributed by atoms with Gasteiger partial charge in [0.15, 0.2) is 17.8 Å². The van der Waals surface area contributed by atoms with Crippen molar-refractivity contribution in [1.29, 1.82) is 0 Å². The van der Waals surface area contributed by atoms with Crippen LogP contribution in [0.5, 0.6) is 11.5 Å². The van der Waals surface area contributed by atoms with Gasteiger partial charge in [0.05, 0.1) is 24.9 Å². The van der Waals surface area contributed by atoms with Gasteiger partial charge in [-0.25, -0.2) is 4.79 Å². The van der Waals surface area contributed by atoms with Gasteiger partial charge in [-0.3, -0.25) is 0 Å². The Bertz CT molecular complexity index is 1030. The third-order valence-electron chi connectivity index (χ3n) is 6.34. The molecule has 7 N–H and O–H groups in total. The molecule has 0 radical (unpaired) electrons. The Labute approximate surface area is 205 Å². The van der Waals surface area contributed by atoms with Gasteiger partial charge in [0.1, 0.15) is 31.0 Å². The molecule has 3 aliphatic rings. The van der Waals surface area contributed by atoms with E-state index in [9.17, 15) is 40.5 Å². The van der Waals surface area contributed by atoms with Gasteiger partial charge in [-0.1, -0.05) is 12.1 Å². The molecule has 36 heavy (non-hydrogen) atoms. The molecular weight excluding hydrogens is 480 g/mol. The van der Waals surface area contributed by atoms with Crippen molar-refractivity contribution in [3.63, 3.8) is 0 Å². The number of carbonyl (C=O) groups excluding carboxylic acids is 1. The highest BCUT2D eigenvalue weighted by molar-refractivity contribution is 5.87. The Morgan fingerprint density at radius 3 is 2.53 bits per heavy atom. The van der Waals surface area contributed by atoms with E-state index in [1.807, 2.05) is 0 Å². The Kier molecular flexibility index (Phi) is 7.95. The van der Waals surface area contributed by atoms with Gasteiger partial charge in [-0.15, -0.1) is 0 Å². The molecule has 12 nitrogen and oxygen atoms in total. The predicted octanol–water partition coefficient (Wildman–Crippen LogP) is -1.13. The zero-order chi connectivity index (χ0) is 26.0. The van der Waals surface area contributed by atoms with Gasteiger partial charge in [0.2, 0.25) is 6.29 Å². The second kappa shape index (κ2) is 11.0. The van der Waals surface area contributed by atoms with E-state index in [4.69, 9.17) is 18.9 Å². The van der Waals surface area contributed by atoms with Crippen molar-refractivity contribution in [2.45, 2.75) is 43.1 Å². The number of fused-ring (bicyclic) bond motifs is 1. The molecule has 12 heteroatoms. The molecule has 0 unspecified atom stereocenters. The molecule has 1 aromatic rings. The second-order valence-electron chi connectivity index (χ2n) is 8.69. The monoisotopic (exact) mass is 508 g/mol. The van der Waals surface area contributed by atoms with Crippen LogP contribution in [0.25, 0.3) is 6.08 Å². The molecule has 9 atom stereocenters. The lowest BCUT2D eigenvalue weighted by Crippen LogP contribution is -2.60. The summed E-state index contributed by atoms with van der Waals surface area (Å²) in [6, 6.07) is 4.04. The Hall–Kier alpha value is -2.97. The molecular formula is C24H28O12. The van der Waals surface area contributed by atoms with Crippen LogP contribution < -0.4 is 0 Å². The zero-order valence-corrected chi connectivity index (χ0v) is 18.9. The number of esters is 1. The van der Waals surface area contributed by atoms with Crippen molar-refractivity contribution in [3.05, 3.63) is 53.8 Å². The Morgan fingerprint density at radius 1 is 1.03 bits per heavy atom. The van der Waals surface area contributed by atoms with E-state index in [-0.39, 0.29) is 18.1 Å². The average Bonchev–Trinajstić information content (AvgIpc) is 3.20. The molecule has 196 valence electrons. The number of rotatable bonds is 7. The van der Waals surface area contributed by atoms with Gasteiger partial charge < -0.3 is 54.7 Å². The zero-order valence-electron chi connectivity index (χ0n) is 18.9. The smallest absolute Gasteiger partial charge is 0.331 e. The van der Waals surface area contributed by atoms with E-state index in [0.717, 1.165) is 6.08 Å². The van der Waals surface area contributed by atoms with Gasteiger partial charge in [0, 0.05) is 12.0 Å². The summed E-state index contributed by atoms with van der Waals surface area (Å²) in [7, 11) is 0. The number of phenolic OH excluding ortho intramolecular Hbond substituents is 2. The SMILES string of the molecule is O=C(/C=C/c1ccc(O)c(O)c1)OCC1=C[C@@H](O)[C@@H]2C=CO[C@@H](O[C@@H]3O[C@H](CO)[C@@H](O)[C@H](O)[C@H]3O)[C@H]12. The fourth-order valence-corrected chi connectivity index (χ4v) is 4.37. The van der Waals surface area contributed by atoms with Crippen LogP contribution in [0.4, 0.5) is 0 Å². The fraction of sp³-hybridized carbons (Fsp3) is 0.458. The fourth-order valence-electron chi connectivity index (χ4n) is 4.37. The molecule has 0 aromatic heterocycles. The number of phenols is 2. The first-order valence-electron chi connectivity index (χ1n) is 11.2. The van der Waals surface area contributed by atoms with Crippen LogP contribution in [0, 0.1) is 11.8 Å². The van der Waals surface area contributed by atoms with Crippen molar-refractivity contribution in [2.75, 3.05) is 13.2 Å². The third kappa shape index (κ3) is 5.39. The second-order valence-corrected chi connectivity index (χ2v) is 8.69. The van der Waals surface area contributed by atoms with Crippen molar-refractivity contribution < 1.29 is 59.5 Å². The van der Waals surface area contributed by atoms with Gasteiger partial charge in [0.25, 0.3) is 0 Å². The molecule has 0 saturated carbocycles. The van der Waals surface area contributed by atoms with Gasteiger partial charge >= 0.3 is 5.97 Å². The molecule has 1 fully saturated rings. The third-order valence-corrected chi connectivity index (χ3v) is 6.34. The Balaban J connectivity index is 1.41. The van der Waals surface area contributed by atoms with Crippen LogP contribution in [-0.4, -0.2) is 98.0 Å². The number of benzene rings is 1. The van der Waals surface area contributed by atoms with E-state index in [1.165, 1.54) is 36.6 Å². The topological polar surface area (TPSA) is 196 Å².